The Morgan fingerprint density at radius 1 is 1.26 bits per heavy atom. The van der Waals surface area contributed by atoms with Crippen molar-refractivity contribution >= 4 is 17.2 Å². The third kappa shape index (κ3) is 4.53. The van der Waals surface area contributed by atoms with E-state index in [2.05, 4.69) is 22.0 Å². The first-order valence-corrected chi connectivity index (χ1v) is 12.4. The summed E-state index contributed by atoms with van der Waals surface area (Å²) < 4.78 is 0. The van der Waals surface area contributed by atoms with Crippen molar-refractivity contribution in [2.45, 2.75) is 51.0 Å². The molecule has 0 bridgehead atoms. The molecular weight excluding hydrogens is 408 g/mol. The molecule has 2 aromatic rings. The Labute approximate surface area is 187 Å². The molecule has 1 fully saturated rings. The van der Waals surface area contributed by atoms with E-state index in [0.717, 1.165) is 54.8 Å². The summed E-state index contributed by atoms with van der Waals surface area (Å²) in [5, 5.41) is 1.91. The number of nitrogens with one attached hydrogen (secondary N) is 1. The number of carbonyl (C=O) groups excluding carboxylic acids is 1. The van der Waals surface area contributed by atoms with Gasteiger partial charge in [0.2, 0.25) is 0 Å². The first-order valence-electron chi connectivity index (χ1n) is 11.5. The Bertz CT molecular complexity index is 1010. The minimum Gasteiger partial charge on any atom is -0.333 e. The summed E-state index contributed by atoms with van der Waals surface area (Å²) in [5.41, 5.74) is 1.46. The molecule has 3 aliphatic rings. The lowest BCUT2D eigenvalue weighted by Crippen LogP contribution is -2.41. The zero-order chi connectivity index (χ0) is 21.2. The fraction of sp³-hybridized carbons (Fsp3) is 0.542. The van der Waals surface area contributed by atoms with Crippen LogP contribution >= 0.6 is 11.3 Å². The summed E-state index contributed by atoms with van der Waals surface area (Å²) in [4.78, 5) is 38.7. The maximum absolute atomic E-state index is 12.9. The molecule has 31 heavy (non-hydrogen) atoms. The number of hydrogen-bond acceptors (Lipinski definition) is 5. The molecule has 0 aromatic carbocycles. The first-order chi connectivity index (χ1) is 15.2. The van der Waals surface area contributed by atoms with Crippen LogP contribution in [0.3, 0.4) is 0 Å². The number of aromatic amines is 1. The average Bonchev–Trinajstić information content (AvgIpc) is 3.34. The van der Waals surface area contributed by atoms with Crippen molar-refractivity contribution in [3.8, 4) is 0 Å². The number of fused-ring (bicyclic) bond motifs is 1. The number of likely N-dealkylation sites (tertiary alicyclic amines) is 1. The van der Waals surface area contributed by atoms with Crippen LogP contribution in [0.15, 0.2) is 34.5 Å². The molecule has 2 aromatic heterocycles. The second kappa shape index (κ2) is 9.09. The molecule has 6 nitrogen and oxygen atoms in total. The summed E-state index contributed by atoms with van der Waals surface area (Å²) in [7, 11) is 0. The fourth-order valence-corrected chi connectivity index (χ4v) is 5.89. The van der Waals surface area contributed by atoms with Gasteiger partial charge in [0.25, 0.3) is 11.5 Å². The quantitative estimate of drug-likeness (QED) is 0.741. The molecular formula is C24H30N4O2S. The molecule has 1 N–H and O–H groups in total. The van der Waals surface area contributed by atoms with E-state index in [1.54, 1.807) is 4.90 Å². The van der Waals surface area contributed by atoms with Crippen LogP contribution in [0.5, 0.6) is 0 Å². The van der Waals surface area contributed by atoms with Crippen LogP contribution in [0.25, 0.3) is 0 Å². The summed E-state index contributed by atoms with van der Waals surface area (Å²) in [5.74, 6) is 1.89. The van der Waals surface area contributed by atoms with E-state index < -0.39 is 0 Å². The Morgan fingerprint density at radius 2 is 2.19 bits per heavy atom. The Morgan fingerprint density at radius 3 is 3.00 bits per heavy atom. The molecule has 4 heterocycles. The van der Waals surface area contributed by atoms with Gasteiger partial charge in [0.15, 0.2) is 0 Å². The molecule has 0 saturated carbocycles. The molecule has 0 unspecified atom stereocenters. The van der Waals surface area contributed by atoms with E-state index in [4.69, 9.17) is 4.98 Å². The van der Waals surface area contributed by atoms with Crippen molar-refractivity contribution in [3.05, 3.63) is 62.0 Å². The standard InChI is InChI=1S/C24H30N4O2S/c29-23-19-16-28(24(30)21-9-5-13-31-21)12-10-20(19)25-22(26-23)18-8-4-11-27(15-18)14-17-6-2-1-3-7-17/h1-2,5,9,13,17-18H,3-4,6-8,10-12,14-16H2,(H,25,26,29)/t17-,18-/m0/s1. The number of rotatable bonds is 4. The van der Waals surface area contributed by atoms with Gasteiger partial charge >= 0.3 is 0 Å². The van der Waals surface area contributed by atoms with Crippen LogP contribution in [0.1, 0.15) is 64.8 Å². The van der Waals surface area contributed by atoms with E-state index in [-0.39, 0.29) is 17.4 Å². The van der Waals surface area contributed by atoms with Crippen LogP contribution in [0, 0.1) is 5.92 Å². The molecule has 1 aliphatic carbocycles. The van der Waals surface area contributed by atoms with E-state index in [1.165, 1.54) is 30.6 Å². The maximum Gasteiger partial charge on any atom is 0.264 e. The van der Waals surface area contributed by atoms with Gasteiger partial charge in [0.1, 0.15) is 5.82 Å². The summed E-state index contributed by atoms with van der Waals surface area (Å²) in [6.45, 7) is 4.23. The fourth-order valence-electron chi connectivity index (χ4n) is 5.20. The largest absolute Gasteiger partial charge is 0.333 e. The predicted octanol–water partition coefficient (Wildman–Crippen LogP) is 3.57. The highest BCUT2D eigenvalue weighted by Crippen LogP contribution is 2.28. The topological polar surface area (TPSA) is 69.3 Å². The number of nitrogens with zero attached hydrogens (tertiary/aromatic N) is 3. The zero-order valence-electron chi connectivity index (χ0n) is 17.9. The second-order valence-corrected chi connectivity index (χ2v) is 10.0. The van der Waals surface area contributed by atoms with Crippen LogP contribution in [-0.2, 0) is 13.0 Å². The molecule has 1 amide bonds. The maximum atomic E-state index is 12.9. The number of carbonyl (C=O) groups is 1. The monoisotopic (exact) mass is 438 g/mol. The molecule has 0 spiro atoms. The zero-order valence-corrected chi connectivity index (χ0v) is 18.7. The van der Waals surface area contributed by atoms with Gasteiger partial charge < -0.3 is 14.8 Å². The smallest absolute Gasteiger partial charge is 0.264 e. The van der Waals surface area contributed by atoms with Gasteiger partial charge in [-0.3, -0.25) is 9.59 Å². The number of H-pyrrole nitrogens is 1. The molecule has 2 atom stereocenters. The van der Waals surface area contributed by atoms with Gasteiger partial charge in [-0.15, -0.1) is 11.3 Å². The van der Waals surface area contributed by atoms with Gasteiger partial charge in [0.05, 0.1) is 22.7 Å². The minimum atomic E-state index is -0.0711. The molecule has 5 rings (SSSR count). The minimum absolute atomic E-state index is 0.00427. The molecule has 7 heteroatoms. The summed E-state index contributed by atoms with van der Waals surface area (Å²) in [6, 6.07) is 3.72. The number of thiophene rings is 1. The highest BCUT2D eigenvalue weighted by molar-refractivity contribution is 7.12. The summed E-state index contributed by atoms with van der Waals surface area (Å²) in [6.07, 6.45) is 11.2. The van der Waals surface area contributed by atoms with E-state index in [0.29, 0.717) is 25.1 Å². The predicted molar refractivity (Wildman–Crippen MR) is 123 cm³/mol. The summed E-state index contributed by atoms with van der Waals surface area (Å²) >= 11 is 1.44. The van der Waals surface area contributed by atoms with Crippen LogP contribution in [0.4, 0.5) is 0 Å². The van der Waals surface area contributed by atoms with Crippen molar-refractivity contribution in [1.29, 1.82) is 0 Å². The first kappa shape index (κ1) is 20.6. The Kier molecular flexibility index (Phi) is 6.05. The van der Waals surface area contributed by atoms with Crippen molar-refractivity contribution < 1.29 is 4.79 Å². The van der Waals surface area contributed by atoms with Gasteiger partial charge in [-0.25, -0.2) is 4.98 Å². The van der Waals surface area contributed by atoms with Crippen molar-refractivity contribution in [2.75, 3.05) is 26.2 Å². The van der Waals surface area contributed by atoms with Gasteiger partial charge in [-0.05, 0) is 56.0 Å². The van der Waals surface area contributed by atoms with E-state index >= 15 is 0 Å². The van der Waals surface area contributed by atoms with E-state index in [1.807, 2.05) is 17.5 Å². The second-order valence-electron chi connectivity index (χ2n) is 9.08. The Balaban J connectivity index is 1.28. The molecule has 2 aliphatic heterocycles. The SMILES string of the molecule is O=C(c1cccs1)N1CCc2nc([C@H]3CCCN(C[C@H]4CC=CCC4)C3)[nH]c(=O)c2C1. The van der Waals surface area contributed by atoms with Gasteiger partial charge in [-0.2, -0.15) is 0 Å². The number of allylic oxidation sites excluding steroid dienone is 2. The molecule has 1 saturated heterocycles. The van der Waals surface area contributed by atoms with Crippen molar-refractivity contribution in [2.24, 2.45) is 5.92 Å². The average molecular weight is 439 g/mol. The Hall–Kier alpha value is -2.25. The third-order valence-corrected chi connectivity index (χ3v) is 7.75. The third-order valence-electron chi connectivity index (χ3n) is 6.89. The normalized spacial score (nSPS) is 24.2. The highest BCUT2D eigenvalue weighted by Gasteiger charge is 2.29. The lowest BCUT2D eigenvalue weighted by atomic mass is 9.91. The van der Waals surface area contributed by atoms with Gasteiger partial charge in [-0.1, -0.05) is 18.2 Å². The van der Waals surface area contributed by atoms with Crippen LogP contribution in [-0.4, -0.2) is 51.9 Å². The number of piperidine rings is 1. The van der Waals surface area contributed by atoms with Crippen LogP contribution < -0.4 is 5.56 Å². The number of hydrogen-bond donors (Lipinski definition) is 1. The van der Waals surface area contributed by atoms with E-state index in [9.17, 15) is 9.59 Å². The van der Waals surface area contributed by atoms with Crippen molar-refractivity contribution in [3.63, 3.8) is 0 Å². The number of aromatic nitrogens is 2. The van der Waals surface area contributed by atoms with Crippen molar-refractivity contribution in [1.82, 2.24) is 19.8 Å². The molecule has 164 valence electrons. The lowest BCUT2D eigenvalue weighted by Gasteiger charge is -2.35. The lowest BCUT2D eigenvalue weighted by molar-refractivity contribution is 0.0737. The van der Waals surface area contributed by atoms with Crippen LogP contribution in [0.2, 0.25) is 0 Å². The molecule has 0 radical (unpaired) electrons. The number of amides is 1. The van der Waals surface area contributed by atoms with Gasteiger partial charge in [0, 0.05) is 32.0 Å². The highest BCUT2D eigenvalue weighted by atomic mass is 32.1.